The van der Waals surface area contributed by atoms with Crippen molar-refractivity contribution in [2.24, 2.45) is 0 Å². The van der Waals surface area contributed by atoms with E-state index in [0.29, 0.717) is 6.54 Å². The van der Waals surface area contributed by atoms with Crippen LogP contribution in [0.4, 0.5) is 15.8 Å². The number of benzene rings is 2. The molecule has 0 fully saturated rings. The van der Waals surface area contributed by atoms with E-state index >= 15 is 0 Å². The Morgan fingerprint density at radius 1 is 1.29 bits per heavy atom. The van der Waals surface area contributed by atoms with Gasteiger partial charge >= 0.3 is 0 Å². The van der Waals surface area contributed by atoms with Gasteiger partial charge in [-0.15, -0.1) is 0 Å². The number of likely N-dealkylation sites (N-methyl/N-ethyl adjacent to an activating group) is 1. The molecule has 1 unspecified atom stereocenters. The van der Waals surface area contributed by atoms with E-state index < -0.39 is 10.7 Å². The first kappa shape index (κ1) is 17.7. The summed E-state index contributed by atoms with van der Waals surface area (Å²) >= 11 is 0. The lowest BCUT2D eigenvalue weighted by molar-refractivity contribution is -0.385. The molecule has 2 aromatic carbocycles. The van der Waals surface area contributed by atoms with Crippen LogP contribution >= 0.6 is 0 Å². The molecule has 2 rings (SSSR count). The van der Waals surface area contributed by atoms with Gasteiger partial charge in [0, 0.05) is 12.6 Å². The van der Waals surface area contributed by atoms with Gasteiger partial charge in [0.05, 0.1) is 29.8 Å². The number of ether oxygens (including phenoxy) is 1. The minimum Gasteiger partial charge on any atom is -0.497 e. The molecule has 0 amide bonds. The molecule has 1 N–H and O–H groups in total. The van der Waals surface area contributed by atoms with Gasteiger partial charge in [-0.25, -0.2) is 4.39 Å². The summed E-state index contributed by atoms with van der Waals surface area (Å²) in [5.74, 6) is 0.105. The normalized spacial score (nSPS) is 12.0. The van der Waals surface area contributed by atoms with Crippen LogP contribution in [-0.4, -0.2) is 37.6 Å². The first-order valence-electron chi connectivity index (χ1n) is 7.40. The summed E-state index contributed by atoms with van der Waals surface area (Å²) in [5.41, 5.74) is 0.986. The lowest BCUT2D eigenvalue weighted by Crippen LogP contribution is -2.27. The Balaban J connectivity index is 2.16. The van der Waals surface area contributed by atoms with Crippen molar-refractivity contribution >= 4 is 11.4 Å². The first-order chi connectivity index (χ1) is 11.4. The second-order valence-electron chi connectivity index (χ2n) is 5.56. The van der Waals surface area contributed by atoms with Crippen LogP contribution in [0.2, 0.25) is 0 Å². The van der Waals surface area contributed by atoms with E-state index in [1.54, 1.807) is 7.11 Å². The maximum absolute atomic E-state index is 14.0. The van der Waals surface area contributed by atoms with Crippen LogP contribution in [0.5, 0.6) is 5.75 Å². The third kappa shape index (κ3) is 4.20. The highest BCUT2D eigenvalue weighted by Gasteiger charge is 2.16. The van der Waals surface area contributed by atoms with E-state index in [4.69, 9.17) is 4.74 Å². The molecule has 1 atom stereocenters. The second-order valence-corrected chi connectivity index (χ2v) is 5.56. The molecule has 0 aromatic heterocycles. The molecule has 128 valence electrons. The van der Waals surface area contributed by atoms with Gasteiger partial charge in [-0.1, -0.05) is 12.1 Å². The summed E-state index contributed by atoms with van der Waals surface area (Å²) in [6.07, 6.45) is 0. The monoisotopic (exact) mass is 333 g/mol. The Morgan fingerprint density at radius 2 is 2.04 bits per heavy atom. The maximum Gasteiger partial charge on any atom is 0.272 e. The zero-order valence-corrected chi connectivity index (χ0v) is 13.8. The predicted octanol–water partition coefficient (Wildman–Crippen LogP) is 3.46. The summed E-state index contributed by atoms with van der Waals surface area (Å²) in [4.78, 5) is 12.1. The Kier molecular flexibility index (Phi) is 5.70. The molecule has 0 radical (unpaired) electrons. The Labute approximate surface area is 140 Å². The quantitative estimate of drug-likeness (QED) is 0.621. The highest BCUT2D eigenvalue weighted by atomic mass is 19.1. The third-order valence-corrected chi connectivity index (χ3v) is 3.75. The molecule has 0 aliphatic heterocycles. The van der Waals surface area contributed by atoms with E-state index in [-0.39, 0.29) is 17.4 Å². The number of nitrogens with zero attached hydrogens (tertiary/aromatic N) is 2. The maximum atomic E-state index is 14.0. The number of anilines is 1. The van der Waals surface area contributed by atoms with Gasteiger partial charge in [0.1, 0.15) is 5.75 Å². The number of nitrogens with one attached hydrogen (secondary N) is 1. The molecule has 2 aromatic rings. The summed E-state index contributed by atoms with van der Waals surface area (Å²) in [7, 11) is 5.46. The molecule has 0 aliphatic carbocycles. The topological polar surface area (TPSA) is 67.6 Å². The number of non-ortho nitro benzene ring substituents is 1. The molecule has 0 saturated carbocycles. The fourth-order valence-corrected chi connectivity index (χ4v) is 2.41. The summed E-state index contributed by atoms with van der Waals surface area (Å²) in [6.45, 7) is 0.439. The minimum absolute atomic E-state index is 0.0188. The fourth-order valence-electron chi connectivity index (χ4n) is 2.41. The summed E-state index contributed by atoms with van der Waals surface area (Å²) < 4.78 is 19.2. The number of methoxy groups -OCH3 is 1. The summed E-state index contributed by atoms with van der Waals surface area (Å²) in [6, 6.07) is 11.2. The summed E-state index contributed by atoms with van der Waals surface area (Å²) in [5, 5.41) is 13.7. The average Bonchev–Trinajstić information content (AvgIpc) is 2.56. The first-order valence-corrected chi connectivity index (χ1v) is 7.40. The number of nitro groups is 1. The van der Waals surface area contributed by atoms with Gasteiger partial charge in [0.25, 0.3) is 5.69 Å². The zero-order chi connectivity index (χ0) is 17.7. The Morgan fingerprint density at radius 3 is 2.62 bits per heavy atom. The highest BCUT2D eigenvalue weighted by Crippen LogP contribution is 2.25. The van der Waals surface area contributed by atoms with E-state index in [9.17, 15) is 14.5 Å². The zero-order valence-electron chi connectivity index (χ0n) is 13.8. The fraction of sp³-hybridized carbons (Fsp3) is 0.294. The predicted molar refractivity (Wildman–Crippen MR) is 91.0 cm³/mol. The van der Waals surface area contributed by atoms with Crippen LogP contribution in [0.1, 0.15) is 11.6 Å². The lowest BCUT2D eigenvalue weighted by Gasteiger charge is -2.26. The van der Waals surface area contributed by atoms with Crippen molar-refractivity contribution in [3.63, 3.8) is 0 Å². The van der Waals surface area contributed by atoms with Crippen LogP contribution in [-0.2, 0) is 0 Å². The second kappa shape index (κ2) is 7.74. The molecule has 24 heavy (non-hydrogen) atoms. The molecule has 0 heterocycles. The van der Waals surface area contributed by atoms with Crippen LogP contribution in [0.15, 0.2) is 42.5 Å². The lowest BCUT2D eigenvalue weighted by atomic mass is 10.1. The van der Waals surface area contributed by atoms with E-state index in [1.165, 1.54) is 12.1 Å². The van der Waals surface area contributed by atoms with Crippen molar-refractivity contribution in [2.45, 2.75) is 6.04 Å². The van der Waals surface area contributed by atoms with Gasteiger partial charge in [-0.2, -0.15) is 0 Å². The van der Waals surface area contributed by atoms with Crippen molar-refractivity contribution in [1.29, 1.82) is 0 Å². The van der Waals surface area contributed by atoms with Crippen LogP contribution in [0.3, 0.4) is 0 Å². The number of rotatable bonds is 7. The average molecular weight is 333 g/mol. The number of nitro benzene ring substituents is 1. The number of hydrogen-bond donors (Lipinski definition) is 1. The van der Waals surface area contributed by atoms with Gasteiger partial charge in [0.15, 0.2) is 5.82 Å². The van der Waals surface area contributed by atoms with Crippen LogP contribution < -0.4 is 10.1 Å². The Bertz CT molecular complexity index is 722. The van der Waals surface area contributed by atoms with Gasteiger partial charge in [0.2, 0.25) is 0 Å². The van der Waals surface area contributed by atoms with Crippen molar-refractivity contribution in [1.82, 2.24) is 4.90 Å². The molecule has 0 saturated heterocycles. The smallest absolute Gasteiger partial charge is 0.272 e. The standard InChI is InChI=1S/C17H20FN3O3/c1-20(2)17(12-5-4-6-14(9-12)24-3)11-19-16-8-7-13(21(22)23)10-15(16)18/h4-10,17,19H,11H2,1-3H3. The molecule has 0 aliphatic rings. The molecule has 0 spiro atoms. The largest absolute Gasteiger partial charge is 0.497 e. The third-order valence-electron chi connectivity index (χ3n) is 3.75. The molecule has 6 nitrogen and oxygen atoms in total. The minimum atomic E-state index is -0.646. The van der Waals surface area contributed by atoms with Crippen molar-refractivity contribution in [3.8, 4) is 5.75 Å². The van der Waals surface area contributed by atoms with Crippen molar-refractivity contribution in [3.05, 3.63) is 64.0 Å². The van der Waals surface area contributed by atoms with Crippen molar-refractivity contribution in [2.75, 3.05) is 33.1 Å². The highest BCUT2D eigenvalue weighted by molar-refractivity contribution is 5.50. The SMILES string of the molecule is COc1cccc(C(CNc2ccc([N+](=O)[O-])cc2F)N(C)C)c1. The molecular formula is C17H20FN3O3. The van der Waals surface area contributed by atoms with Crippen LogP contribution in [0.25, 0.3) is 0 Å². The Hall–Kier alpha value is -2.67. The van der Waals surface area contributed by atoms with E-state index in [1.807, 2.05) is 43.3 Å². The number of halogens is 1. The van der Waals surface area contributed by atoms with Crippen LogP contribution in [0, 0.1) is 15.9 Å². The molecule has 0 bridgehead atoms. The van der Waals surface area contributed by atoms with Crippen molar-refractivity contribution < 1.29 is 14.1 Å². The molecular weight excluding hydrogens is 313 g/mol. The van der Waals surface area contributed by atoms with Gasteiger partial charge in [-0.3, -0.25) is 10.1 Å². The van der Waals surface area contributed by atoms with E-state index in [2.05, 4.69) is 5.32 Å². The number of hydrogen-bond acceptors (Lipinski definition) is 5. The molecule has 7 heteroatoms. The van der Waals surface area contributed by atoms with Gasteiger partial charge in [-0.05, 0) is 37.9 Å². The van der Waals surface area contributed by atoms with E-state index in [0.717, 1.165) is 17.4 Å². The van der Waals surface area contributed by atoms with Gasteiger partial charge < -0.3 is 15.0 Å².